The minimum Gasteiger partial charge on any atom is -0.493 e. The molecule has 3 atom stereocenters. The summed E-state index contributed by atoms with van der Waals surface area (Å²) in [5.74, 6) is 2.61. The van der Waals surface area contributed by atoms with Crippen molar-refractivity contribution in [2.75, 3.05) is 33.9 Å². The fourth-order valence-electron chi connectivity index (χ4n) is 5.38. The van der Waals surface area contributed by atoms with Crippen molar-refractivity contribution in [2.24, 2.45) is 5.92 Å². The summed E-state index contributed by atoms with van der Waals surface area (Å²) in [4.78, 5) is 17.0. The predicted molar refractivity (Wildman–Crippen MR) is 118 cm³/mol. The lowest BCUT2D eigenvalue weighted by Gasteiger charge is -2.39. The molecule has 5 heteroatoms. The number of para-hydroxylation sites is 1. The number of methoxy groups -OCH3 is 2. The van der Waals surface area contributed by atoms with E-state index in [9.17, 15) is 4.79 Å². The lowest BCUT2D eigenvalue weighted by Crippen LogP contribution is -2.47. The molecule has 0 bridgehead atoms. The molecule has 2 fully saturated rings. The molecule has 160 valence electrons. The Morgan fingerprint density at radius 2 is 1.90 bits per heavy atom. The fraction of sp³-hybridized carbons (Fsp3) is 0.480. The monoisotopic (exact) mass is 408 g/mol. The highest BCUT2D eigenvalue weighted by molar-refractivity contribution is 5.74. The molecule has 0 N–H and O–H groups in total. The van der Waals surface area contributed by atoms with Crippen LogP contribution in [-0.4, -0.2) is 55.6 Å². The molecule has 2 aromatic carbocycles. The molecule has 0 aliphatic carbocycles. The Balaban J connectivity index is 1.58. The summed E-state index contributed by atoms with van der Waals surface area (Å²) in [7, 11) is 3.37. The smallest absolute Gasteiger partial charge is 0.219 e. The molecule has 0 aromatic heterocycles. The summed E-state index contributed by atoms with van der Waals surface area (Å²) < 4.78 is 11.1. The number of rotatable bonds is 5. The Morgan fingerprint density at radius 1 is 1.10 bits per heavy atom. The van der Waals surface area contributed by atoms with Crippen LogP contribution in [-0.2, 0) is 11.3 Å². The number of ether oxygens (including phenoxy) is 2. The summed E-state index contributed by atoms with van der Waals surface area (Å²) in [5, 5.41) is 0. The van der Waals surface area contributed by atoms with Crippen LogP contribution in [0.2, 0.25) is 0 Å². The Labute approximate surface area is 179 Å². The average molecular weight is 409 g/mol. The summed E-state index contributed by atoms with van der Waals surface area (Å²) in [6, 6.07) is 15.2. The van der Waals surface area contributed by atoms with E-state index in [1.807, 2.05) is 12.1 Å². The van der Waals surface area contributed by atoms with E-state index in [1.54, 1.807) is 21.1 Å². The minimum atomic E-state index is 0.197. The third-order valence-corrected chi connectivity index (χ3v) is 6.77. The van der Waals surface area contributed by atoms with Gasteiger partial charge in [0.1, 0.15) is 0 Å². The number of likely N-dealkylation sites (tertiary alicyclic amines) is 2. The van der Waals surface area contributed by atoms with Crippen molar-refractivity contribution in [1.82, 2.24) is 9.80 Å². The highest BCUT2D eigenvalue weighted by Gasteiger charge is 2.46. The molecule has 2 aliphatic rings. The van der Waals surface area contributed by atoms with E-state index in [2.05, 4.69) is 47.1 Å². The van der Waals surface area contributed by atoms with Crippen LogP contribution in [0.4, 0.5) is 0 Å². The van der Waals surface area contributed by atoms with Crippen LogP contribution in [0.5, 0.6) is 11.5 Å². The number of carbonyl (C=O) groups excluding carboxylic acids is 1. The van der Waals surface area contributed by atoms with Crippen molar-refractivity contribution in [1.29, 1.82) is 0 Å². The SMILES string of the molecule is COc1cccc(CN2CC[C@H]3[C@@H](C2)[C@H](c2cccc(C)c2)CN3C(C)=O)c1OC. The van der Waals surface area contributed by atoms with Crippen LogP contribution in [0.3, 0.4) is 0 Å². The van der Waals surface area contributed by atoms with Gasteiger partial charge in [0.05, 0.1) is 14.2 Å². The van der Waals surface area contributed by atoms with Gasteiger partial charge in [-0.15, -0.1) is 0 Å². The van der Waals surface area contributed by atoms with Crippen LogP contribution in [0.25, 0.3) is 0 Å². The minimum absolute atomic E-state index is 0.197. The van der Waals surface area contributed by atoms with Gasteiger partial charge in [-0.05, 0) is 25.0 Å². The Hall–Kier alpha value is -2.53. The van der Waals surface area contributed by atoms with Crippen molar-refractivity contribution in [3.8, 4) is 11.5 Å². The van der Waals surface area contributed by atoms with Crippen LogP contribution < -0.4 is 9.47 Å². The van der Waals surface area contributed by atoms with Crippen molar-refractivity contribution < 1.29 is 14.3 Å². The standard InChI is InChI=1S/C25H32N2O3/c1-17-7-5-8-19(13-17)21-16-27(18(2)28)23-11-12-26(15-22(21)23)14-20-9-6-10-24(29-3)25(20)30-4/h5-10,13,21-23H,11-12,14-16H2,1-4H3/t21-,22-,23-/m0/s1. The topological polar surface area (TPSA) is 42.0 Å². The molecule has 1 amide bonds. The molecule has 2 aliphatic heterocycles. The van der Waals surface area contributed by atoms with E-state index >= 15 is 0 Å². The molecule has 0 radical (unpaired) electrons. The van der Waals surface area contributed by atoms with Gasteiger partial charge in [0.15, 0.2) is 11.5 Å². The number of aryl methyl sites for hydroxylation is 1. The van der Waals surface area contributed by atoms with E-state index in [4.69, 9.17) is 9.47 Å². The first-order valence-electron chi connectivity index (χ1n) is 10.8. The number of hydrogen-bond donors (Lipinski definition) is 0. The third kappa shape index (κ3) is 3.91. The normalized spacial score (nSPS) is 23.9. The molecule has 0 unspecified atom stereocenters. The van der Waals surface area contributed by atoms with Crippen molar-refractivity contribution >= 4 is 5.91 Å². The number of nitrogens with zero attached hydrogens (tertiary/aromatic N) is 2. The highest BCUT2D eigenvalue weighted by Crippen LogP contribution is 2.42. The zero-order valence-corrected chi connectivity index (χ0v) is 18.4. The molecule has 0 spiro atoms. The maximum atomic E-state index is 12.4. The summed E-state index contributed by atoms with van der Waals surface area (Å²) in [6.07, 6.45) is 1.01. The molecule has 0 saturated carbocycles. The van der Waals surface area contributed by atoms with E-state index in [1.165, 1.54) is 11.1 Å². The zero-order valence-electron chi connectivity index (χ0n) is 18.4. The summed E-state index contributed by atoms with van der Waals surface area (Å²) in [6.45, 7) is 7.46. The Bertz CT molecular complexity index is 913. The maximum Gasteiger partial charge on any atom is 0.219 e. The molecule has 5 nitrogen and oxygen atoms in total. The largest absolute Gasteiger partial charge is 0.493 e. The van der Waals surface area contributed by atoms with Gasteiger partial charge in [-0.2, -0.15) is 0 Å². The number of hydrogen-bond acceptors (Lipinski definition) is 4. The first kappa shape index (κ1) is 20.7. The van der Waals surface area contributed by atoms with Gasteiger partial charge in [0.25, 0.3) is 0 Å². The third-order valence-electron chi connectivity index (χ3n) is 6.77. The van der Waals surface area contributed by atoms with Crippen LogP contribution in [0.15, 0.2) is 42.5 Å². The first-order chi connectivity index (χ1) is 14.5. The predicted octanol–water partition coefficient (Wildman–Crippen LogP) is 3.85. The van der Waals surface area contributed by atoms with Gasteiger partial charge < -0.3 is 14.4 Å². The van der Waals surface area contributed by atoms with E-state index in [0.717, 1.165) is 49.7 Å². The lowest BCUT2D eigenvalue weighted by atomic mass is 9.81. The summed E-state index contributed by atoms with van der Waals surface area (Å²) in [5.41, 5.74) is 3.78. The van der Waals surface area contributed by atoms with Gasteiger partial charge in [0, 0.05) is 56.5 Å². The highest BCUT2D eigenvalue weighted by atomic mass is 16.5. The number of amides is 1. The van der Waals surface area contributed by atoms with E-state index in [-0.39, 0.29) is 5.91 Å². The van der Waals surface area contributed by atoms with Gasteiger partial charge >= 0.3 is 0 Å². The average Bonchev–Trinajstić information content (AvgIpc) is 3.12. The van der Waals surface area contributed by atoms with Gasteiger partial charge in [-0.25, -0.2) is 0 Å². The molecule has 2 heterocycles. The van der Waals surface area contributed by atoms with Gasteiger partial charge in [-0.1, -0.05) is 42.0 Å². The number of benzene rings is 2. The molecule has 2 aromatic rings. The number of piperidine rings is 1. The Kier molecular flexibility index (Phi) is 6.00. The van der Waals surface area contributed by atoms with Crippen LogP contribution in [0, 0.1) is 12.8 Å². The lowest BCUT2D eigenvalue weighted by molar-refractivity contribution is -0.130. The van der Waals surface area contributed by atoms with E-state index in [0.29, 0.717) is 17.9 Å². The first-order valence-corrected chi connectivity index (χ1v) is 10.8. The van der Waals surface area contributed by atoms with Crippen LogP contribution >= 0.6 is 0 Å². The molecular formula is C25H32N2O3. The van der Waals surface area contributed by atoms with Gasteiger partial charge in [0.2, 0.25) is 5.91 Å². The quantitative estimate of drug-likeness (QED) is 0.754. The molecule has 30 heavy (non-hydrogen) atoms. The second kappa shape index (κ2) is 8.68. The number of carbonyl (C=O) groups is 1. The van der Waals surface area contributed by atoms with Gasteiger partial charge in [-0.3, -0.25) is 9.69 Å². The van der Waals surface area contributed by atoms with Crippen molar-refractivity contribution in [3.63, 3.8) is 0 Å². The zero-order chi connectivity index (χ0) is 21.3. The second-order valence-electron chi connectivity index (χ2n) is 8.60. The van der Waals surface area contributed by atoms with Crippen molar-refractivity contribution in [2.45, 2.75) is 38.8 Å². The van der Waals surface area contributed by atoms with Crippen LogP contribution in [0.1, 0.15) is 36.0 Å². The maximum absolute atomic E-state index is 12.4. The summed E-state index contributed by atoms with van der Waals surface area (Å²) >= 11 is 0. The Morgan fingerprint density at radius 3 is 2.60 bits per heavy atom. The molecule has 2 saturated heterocycles. The number of fused-ring (bicyclic) bond motifs is 1. The van der Waals surface area contributed by atoms with E-state index < -0.39 is 0 Å². The second-order valence-corrected chi connectivity index (χ2v) is 8.60. The molecule has 4 rings (SSSR count). The fourth-order valence-corrected chi connectivity index (χ4v) is 5.38. The van der Waals surface area contributed by atoms with Crippen molar-refractivity contribution in [3.05, 3.63) is 59.2 Å². The molecular weight excluding hydrogens is 376 g/mol.